The molecule has 0 aliphatic heterocycles. The molecule has 0 unspecified atom stereocenters. The fourth-order valence-corrected chi connectivity index (χ4v) is 0.271. The van der Waals surface area contributed by atoms with Gasteiger partial charge >= 0.3 is 0 Å². The largest absolute Gasteiger partial charge is 0.299 e. The van der Waals surface area contributed by atoms with Gasteiger partial charge in [0.2, 0.25) is 5.78 Å². The number of alkyl halides is 2. The molecule has 0 saturated carbocycles. The third-order valence-corrected chi connectivity index (χ3v) is 0.615. The minimum Gasteiger partial charge on any atom is -0.299 e. The predicted molar refractivity (Wildman–Crippen MR) is 26.0 cm³/mol. The van der Waals surface area contributed by atoms with E-state index < -0.39 is 24.4 Å². The van der Waals surface area contributed by atoms with E-state index in [1.165, 1.54) is 0 Å². The smallest absolute Gasteiger partial charge is 0.296 e. The van der Waals surface area contributed by atoms with Crippen molar-refractivity contribution in [3.8, 4) is 0 Å². The number of hydrogen-bond donors (Lipinski definition) is 0. The van der Waals surface area contributed by atoms with Gasteiger partial charge < -0.3 is 0 Å². The van der Waals surface area contributed by atoms with E-state index in [0.717, 1.165) is 0 Å². The van der Waals surface area contributed by atoms with E-state index in [4.69, 9.17) is 0 Å². The summed E-state index contributed by atoms with van der Waals surface area (Å²) in [4.78, 5) is 19.8. The molecule has 0 aromatic carbocycles. The molecule has 0 heterocycles. The van der Waals surface area contributed by atoms with Crippen LogP contribution in [0.1, 0.15) is 6.42 Å². The van der Waals surface area contributed by atoms with Gasteiger partial charge in [0.05, 0.1) is 6.42 Å². The number of ketones is 2. The van der Waals surface area contributed by atoms with Gasteiger partial charge in [-0.2, -0.15) is 0 Å². The van der Waals surface area contributed by atoms with Crippen LogP contribution in [0.25, 0.3) is 0 Å². The van der Waals surface area contributed by atoms with Crippen molar-refractivity contribution in [3.63, 3.8) is 0 Å². The van der Waals surface area contributed by atoms with Crippen molar-refractivity contribution in [2.45, 2.75) is 12.8 Å². The van der Waals surface area contributed by atoms with Crippen LogP contribution in [0.4, 0.5) is 8.78 Å². The summed E-state index contributed by atoms with van der Waals surface area (Å²) in [5.74, 6) is -2.14. The van der Waals surface area contributed by atoms with Crippen LogP contribution in [-0.4, -0.2) is 18.0 Å². The van der Waals surface area contributed by atoms with Gasteiger partial charge in [0.25, 0.3) is 6.43 Å². The van der Waals surface area contributed by atoms with Crippen molar-refractivity contribution in [2.24, 2.45) is 0 Å². The lowest BCUT2D eigenvalue weighted by atomic mass is 10.2. The molecule has 4 heteroatoms. The molecule has 0 aliphatic rings. The lowest BCUT2D eigenvalue weighted by Gasteiger charge is -1.91. The highest BCUT2D eigenvalue weighted by atomic mass is 19.3. The van der Waals surface area contributed by atoms with Crippen LogP contribution in [0.2, 0.25) is 0 Å². The van der Waals surface area contributed by atoms with E-state index in [1.54, 1.807) is 0 Å². The first-order valence-electron chi connectivity index (χ1n) is 2.19. The van der Waals surface area contributed by atoms with Crippen LogP contribution in [0, 0.1) is 6.92 Å². The molecule has 0 saturated heterocycles. The van der Waals surface area contributed by atoms with Gasteiger partial charge in [-0.3, -0.25) is 9.59 Å². The molecule has 0 amide bonds. The second-order valence-electron chi connectivity index (χ2n) is 1.48. The minimum atomic E-state index is -3.05. The maximum absolute atomic E-state index is 11.3. The summed E-state index contributed by atoms with van der Waals surface area (Å²) in [5.41, 5.74) is 0. The Kier molecular flexibility index (Phi) is 2.98. The van der Waals surface area contributed by atoms with E-state index in [-0.39, 0.29) is 0 Å². The number of carbonyl (C=O) groups excluding carboxylic acids is 2. The summed E-state index contributed by atoms with van der Waals surface area (Å²) in [7, 11) is 0. The molecule has 0 aliphatic carbocycles. The quantitative estimate of drug-likeness (QED) is 0.531. The average molecular weight is 135 g/mol. The number of rotatable bonds is 3. The Morgan fingerprint density at radius 1 is 1.44 bits per heavy atom. The molecule has 0 N–H and O–H groups in total. The van der Waals surface area contributed by atoms with Gasteiger partial charge in [-0.25, -0.2) is 8.78 Å². The predicted octanol–water partition coefficient (Wildman–Crippen LogP) is 0.614. The normalized spacial score (nSPS) is 9.78. The second-order valence-corrected chi connectivity index (χ2v) is 1.48. The van der Waals surface area contributed by atoms with Crippen molar-refractivity contribution >= 4 is 11.6 Å². The van der Waals surface area contributed by atoms with Gasteiger partial charge in [0.1, 0.15) is 5.78 Å². The molecule has 0 aromatic rings. The molecule has 2 nitrogen and oxygen atoms in total. The van der Waals surface area contributed by atoms with Crippen LogP contribution in [-0.2, 0) is 9.59 Å². The summed E-state index contributed by atoms with van der Waals surface area (Å²) in [6, 6.07) is 0. The van der Waals surface area contributed by atoms with Crippen LogP contribution in [0.3, 0.4) is 0 Å². The van der Waals surface area contributed by atoms with Gasteiger partial charge in [0, 0.05) is 6.92 Å². The minimum absolute atomic E-state index is 0.766. The van der Waals surface area contributed by atoms with E-state index in [1.807, 2.05) is 0 Å². The Hall–Kier alpha value is -0.800. The van der Waals surface area contributed by atoms with E-state index in [0.29, 0.717) is 0 Å². The van der Waals surface area contributed by atoms with Crippen LogP contribution >= 0.6 is 0 Å². The molecule has 0 atom stereocenters. The maximum Gasteiger partial charge on any atom is 0.296 e. The van der Waals surface area contributed by atoms with Gasteiger partial charge in [-0.05, 0) is 0 Å². The lowest BCUT2D eigenvalue weighted by Crippen LogP contribution is -2.13. The number of hydrogen-bond acceptors (Lipinski definition) is 2. The first kappa shape index (κ1) is 8.20. The van der Waals surface area contributed by atoms with Gasteiger partial charge in [-0.1, -0.05) is 0 Å². The molecule has 0 spiro atoms. The maximum atomic E-state index is 11.3. The summed E-state index contributed by atoms with van der Waals surface area (Å²) >= 11 is 0. The van der Waals surface area contributed by atoms with E-state index >= 15 is 0 Å². The highest BCUT2D eigenvalue weighted by Crippen LogP contribution is 1.97. The summed E-state index contributed by atoms with van der Waals surface area (Å²) in [6.07, 6.45) is -3.81. The molecule has 0 rings (SSSR count). The Morgan fingerprint density at radius 3 is 2.00 bits per heavy atom. The SMILES string of the molecule is [CH2]C(=O)CC(=O)C(F)F. The number of carbonyl (C=O) groups is 2. The first-order valence-corrected chi connectivity index (χ1v) is 2.19. The fourth-order valence-electron chi connectivity index (χ4n) is 0.271. The van der Waals surface area contributed by atoms with Crippen LogP contribution < -0.4 is 0 Å². The molecular weight excluding hydrogens is 130 g/mol. The van der Waals surface area contributed by atoms with Crippen molar-refractivity contribution < 1.29 is 18.4 Å². The Labute approximate surface area is 50.9 Å². The monoisotopic (exact) mass is 135 g/mol. The zero-order chi connectivity index (χ0) is 7.44. The van der Waals surface area contributed by atoms with E-state index in [9.17, 15) is 18.4 Å². The highest BCUT2D eigenvalue weighted by Gasteiger charge is 2.16. The molecule has 51 valence electrons. The molecule has 1 radical (unpaired) electrons. The van der Waals surface area contributed by atoms with Crippen LogP contribution in [0.5, 0.6) is 0 Å². The van der Waals surface area contributed by atoms with Gasteiger partial charge in [-0.15, -0.1) is 0 Å². The molecule has 0 fully saturated rings. The average Bonchev–Trinajstić information content (AvgIpc) is 1.63. The molecular formula is C5H5F2O2. The third kappa shape index (κ3) is 3.76. The lowest BCUT2D eigenvalue weighted by molar-refractivity contribution is -0.132. The fraction of sp³-hybridized carbons (Fsp3) is 0.400. The third-order valence-electron chi connectivity index (χ3n) is 0.615. The zero-order valence-corrected chi connectivity index (χ0v) is 4.56. The van der Waals surface area contributed by atoms with Crippen molar-refractivity contribution in [3.05, 3.63) is 6.92 Å². The van der Waals surface area contributed by atoms with Crippen molar-refractivity contribution in [1.29, 1.82) is 0 Å². The Bertz CT molecular complexity index is 131. The standard InChI is InChI=1S/C5H5F2O2/c1-3(8)2-4(9)5(6)7/h5H,1-2H2. The number of Topliss-reactive ketones (excluding diaryl/α,β-unsaturated/α-hetero) is 2. The molecule has 0 bridgehead atoms. The number of halogens is 2. The van der Waals surface area contributed by atoms with Crippen molar-refractivity contribution in [1.82, 2.24) is 0 Å². The Balaban J connectivity index is 3.64. The molecule has 0 aromatic heterocycles. The second kappa shape index (κ2) is 3.27. The topological polar surface area (TPSA) is 34.1 Å². The van der Waals surface area contributed by atoms with E-state index in [2.05, 4.69) is 6.92 Å². The van der Waals surface area contributed by atoms with Crippen molar-refractivity contribution in [2.75, 3.05) is 0 Å². The Morgan fingerprint density at radius 2 is 1.89 bits per heavy atom. The zero-order valence-electron chi connectivity index (χ0n) is 4.56. The first-order chi connectivity index (χ1) is 4.04. The summed E-state index contributed by atoms with van der Waals surface area (Å²) in [6.45, 7) is 2.77. The molecule has 9 heavy (non-hydrogen) atoms. The van der Waals surface area contributed by atoms with Crippen LogP contribution in [0.15, 0.2) is 0 Å². The van der Waals surface area contributed by atoms with Gasteiger partial charge in [0.15, 0.2) is 0 Å². The summed E-state index contributed by atoms with van der Waals surface area (Å²) < 4.78 is 22.5. The highest BCUT2D eigenvalue weighted by molar-refractivity contribution is 6.02. The summed E-state index contributed by atoms with van der Waals surface area (Å²) in [5, 5.41) is 0.